The maximum atomic E-state index is 12.2. The fraction of sp³-hybridized carbons (Fsp3) is 0.667. The number of rotatable bonds is 8. The van der Waals surface area contributed by atoms with E-state index in [9.17, 15) is 19.2 Å². The number of nitrogens with zero attached hydrogens (tertiary/aromatic N) is 3. The Balaban J connectivity index is 0.000000416. The number of amides is 2. The summed E-state index contributed by atoms with van der Waals surface area (Å²) in [6, 6.07) is 0. The molecular formula is C18H29N3O7. The molecule has 0 unspecified atom stereocenters. The minimum atomic E-state index is -1.26. The summed E-state index contributed by atoms with van der Waals surface area (Å²) in [7, 11) is 0. The zero-order chi connectivity index (χ0) is 20.9. The second-order valence-corrected chi connectivity index (χ2v) is 6.35. The maximum Gasteiger partial charge on any atom is 0.328 e. The van der Waals surface area contributed by atoms with Crippen LogP contribution >= 0.6 is 0 Å². The first-order valence-corrected chi connectivity index (χ1v) is 9.33. The highest BCUT2D eigenvalue weighted by Crippen LogP contribution is 2.10. The molecule has 2 aliphatic rings. The predicted molar refractivity (Wildman–Crippen MR) is 99.7 cm³/mol. The van der Waals surface area contributed by atoms with Gasteiger partial charge in [-0.15, -0.1) is 0 Å². The van der Waals surface area contributed by atoms with Gasteiger partial charge in [-0.1, -0.05) is 0 Å². The molecule has 0 radical (unpaired) electrons. The Labute approximate surface area is 164 Å². The van der Waals surface area contributed by atoms with Gasteiger partial charge in [-0.2, -0.15) is 0 Å². The highest BCUT2D eigenvalue weighted by Gasteiger charge is 2.26. The van der Waals surface area contributed by atoms with E-state index in [1.165, 1.54) is 0 Å². The van der Waals surface area contributed by atoms with E-state index in [0.717, 1.165) is 58.9 Å². The van der Waals surface area contributed by atoms with Crippen molar-refractivity contribution in [1.82, 2.24) is 14.7 Å². The summed E-state index contributed by atoms with van der Waals surface area (Å²) in [4.78, 5) is 48.7. The molecule has 0 aliphatic carbocycles. The van der Waals surface area contributed by atoms with Gasteiger partial charge >= 0.3 is 11.9 Å². The van der Waals surface area contributed by atoms with Crippen LogP contribution in [0.2, 0.25) is 0 Å². The molecule has 2 aliphatic heterocycles. The standard InChI is InChI=1S/C14H25N3O3.C4H4O4/c1-2-20-11-10-15-6-8-16(9-7-15)14(19)12-17-5-3-4-13(17)18;5-3(6)1-2-4(7)8/h2-12H2,1H3;1-2H,(H,5,6)(H,7,8)/b;2-1+. The number of aliphatic carboxylic acids is 2. The van der Waals surface area contributed by atoms with Crippen molar-refractivity contribution in [3.8, 4) is 0 Å². The summed E-state index contributed by atoms with van der Waals surface area (Å²) in [5.41, 5.74) is 0. The number of hydrogen-bond donors (Lipinski definition) is 2. The Morgan fingerprint density at radius 2 is 1.64 bits per heavy atom. The van der Waals surface area contributed by atoms with Crippen molar-refractivity contribution >= 4 is 23.8 Å². The first-order valence-electron chi connectivity index (χ1n) is 9.33. The van der Waals surface area contributed by atoms with E-state index in [2.05, 4.69) is 4.90 Å². The van der Waals surface area contributed by atoms with E-state index in [1.54, 1.807) is 4.90 Å². The van der Waals surface area contributed by atoms with Gasteiger partial charge in [0.15, 0.2) is 0 Å². The van der Waals surface area contributed by atoms with Crippen LogP contribution in [0.25, 0.3) is 0 Å². The average Bonchev–Trinajstić information content (AvgIpc) is 3.06. The zero-order valence-corrected chi connectivity index (χ0v) is 16.2. The summed E-state index contributed by atoms with van der Waals surface area (Å²) in [6.45, 7) is 8.74. The minimum Gasteiger partial charge on any atom is -0.478 e. The first kappa shape index (κ1) is 23.6. The summed E-state index contributed by atoms with van der Waals surface area (Å²) >= 11 is 0. The molecule has 2 amide bonds. The summed E-state index contributed by atoms with van der Waals surface area (Å²) in [6.07, 6.45) is 2.60. The summed E-state index contributed by atoms with van der Waals surface area (Å²) in [5, 5.41) is 15.6. The molecule has 0 aromatic rings. The fourth-order valence-electron chi connectivity index (χ4n) is 2.84. The molecule has 0 spiro atoms. The van der Waals surface area contributed by atoms with Crippen LogP contribution in [0, 0.1) is 0 Å². The van der Waals surface area contributed by atoms with Crippen molar-refractivity contribution in [3.63, 3.8) is 0 Å². The molecular weight excluding hydrogens is 370 g/mol. The lowest BCUT2D eigenvalue weighted by molar-refractivity contribution is -0.139. The van der Waals surface area contributed by atoms with E-state index in [-0.39, 0.29) is 18.4 Å². The van der Waals surface area contributed by atoms with Gasteiger partial charge in [0.1, 0.15) is 0 Å². The Morgan fingerprint density at radius 1 is 1.04 bits per heavy atom. The second kappa shape index (κ2) is 12.8. The molecule has 0 saturated carbocycles. The van der Waals surface area contributed by atoms with Crippen molar-refractivity contribution in [2.24, 2.45) is 0 Å². The van der Waals surface area contributed by atoms with Crippen molar-refractivity contribution in [3.05, 3.63) is 12.2 Å². The van der Waals surface area contributed by atoms with Gasteiger partial charge in [0.2, 0.25) is 11.8 Å². The monoisotopic (exact) mass is 399 g/mol. The van der Waals surface area contributed by atoms with E-state index in [0.29, 0.717) is 18.6 Å². The average molecular weight is 399 g/mol. The van der Waals surface area contributed by atoms with E-state index >= 15 is 0 Å². The third-order valence-electron chi connectivity index (χ3n) is 4.35. The van der Waals surface area contributed by atoms with Crippen LogP contribution in [-0.2, 0) is 23.9 Å². The molecule has 2 fully saturated rings. The van der Waals surface area contributed by atoms with Gasteiger partial charge in [-0.25, -0.2) is 9.59 Å². The fourth-order valence-corrected chi connectivity index (χ4v) is 2.84. The normalized spacial score (nSPS) is 17.5. The maximum absolute atomic E-state index is 12.2. The highest BCUT2D eigenvalue weighted by molar-refractivity contribution is 5.89. The van der Waals surface area contributed by atoms with Crippen LogP contribution in [-0.4, -0.2) is 108 Å². The minimum absolute atomic E-state index is 0.0877. The van der Waals surface area contributed by atoms with Crippen molar-refractivity contribution < 1.29 is 34.1 Å². The molecule has 0 aromatic heterocycles. The number of piperazine rings is 1. The van der Waals surface area contributed by atoms with Gasteiger partial charge in [0.05, 0.1) is 13.2 Å². The lowest BCUT2D eigenvalue weighted by Gasteiger charge is -2.35. The Morgan fingerprint density at radius 3 is 2.11 bits per heavy atom. The molecule has 0 bridgehead atoms. The van der Waals surface area contributed by atoms with Gasteiger partial charge in [0, 0.05) is 64.4 Å². The number of carboxylic acids is 2. The smallest absolute Gasteiger partial charge is 0.328 e. The van der Waals surface area contributed by atoms with Crippen LogP contribution < -0.4 is 0 Å². The molecule has 2 rings (SSSR count). The molecule has 10 heteroatoms. The van der Waals surface area contributed by atoms with Crippen molar-refractivity contribution in [2.75, 3.05) is 59.0 Å². The van der Waals surface area contributed by atoms with E-state index in [4.69, 9.17) is 14.9 Å². The van der Waals surface area contributed by atoms with Gasteiger partial charge in [-0.05, 0) is 13.3 Å². The molecule has 28 heavy (non-hydrogen) atoms. The third-order valence-corrected chi connectivity index (χ3v) is 4.35. The molecule has 0 atom stereocenters. The number of hydrogen-bond acceptors (Lipinski definition) is 6. The van der Waals surface area contributed by atoms with Crippen molar-refractivity contribution in [1.29, 1.82) is 0 Å². The molecule has 158 valence electrons. The molecule has 2 heterocycles. The highest BCUT2D eigenvalue weighted by atomic mass is 16.5. The summed E-state index contributed by atoms with van der Waals surface area (Å²) in [5.74, 6) is -2.31. The summed E-state index contributed by atoms with van der Waals surface area (Å²) < 4.78 is 5.34. The van der Waals surface area contributed by atoms with Crippen LogP contribution in [0.5, 0.6) is 0 Å². The van der Waals surface area contributed by atoms with Crippen LogP contribution in [0.1, 0.15) is 19.8 Å². The van der Waals surface area contributed by atoms with Gasteiger partial charge < -0.3 is 24.7 Å². The van der Waals surface area contributed by atoms with E-state index in [1.807, 2.05) is 11.8 Å². The van der Waals surface area contributed by atoms with Gasteiger partial charge in [0.25, 0.3) is 0 Å². The van der Waals surface area contributed by atoms with Crippen LogP contribution in [0.4, 0.5) is 0 Å². The number of carbonyl (C=O) groups excluding carboxylic acids is 2. The number of carbonyl (C=O) groups is 4. The van der Waals surface area contributed by atoms with Crippen molar-refractivity contribution in [2.45, 2.75) is 19.8 Å². The predicted octanol–water partition coefficient (Wildman–Crippen LogP) is -0.499. The topological polar surface area (TPSA) is 128 Å². The SMILES string of the molecule is CCOCCN1CCN(C(=O)CN2CCCC2=O)CC1.O=C(O)/C=C/C(=O)O. The lowest BCUT2D eigenvalue weighted by atomic mass is 10.3. The number of carboxylic acid groups (broad SMARTS) is 2. The Bertz CT molecular complexity index is 556. The third kappa shape index (κ3) is 9.47. The first-order chi connectivity index (χ1) is 13.3. The van der Waals surface area contributed by atoms with Crippen LogP contribution in [0.15, 0.2) is 12.2 Å². The number of likely N-dealkylation sites (tertiary alicyclic amines) is 1. The second-order valence-electron chi connectivity index (χ2n) is 6.35. The molecule has 10 nitrogen and oxygen atoms in total. The van der Waals surface area contributed by atoms with E-state index < -0.39 is 11.9 Å². The Kier molecular flexibility index (Phi) is 10.8. The quantitative estimate of drug-likeness (QED) is 0.413. The lowest BCUT2D eigenvalue weighted by Crippen LogP contribution is -2.51. The Hall–Kier alpha value is -2.46. The molecule has 2 N–H and O–H groups in total. The molecule has 0 aromatic carbocycles. The number of ether oxygens (including phenoxy) is 1. The largest absolute Gasteiger partial charge is 0.478 e. The van der Waals surface area contributed by atoms with Crippen LogP contribution in [0.3, 0.4) is 0 Å². The van der Waals surface area contributed by atoms with Gasteiger partial charge in [-0.3, -0.25) is 14.5 Å². The zero-order valence-electron chi connectivity index (χ0n) is 16.2. The molecule has 2 saturated heterocycles.